The van der Waals surface area contributed by atoms with Crippen molar-refractivity contribution >= 4 is 17.5 Å². The molecule has 0 unspecified atom stereocenters. The Bertz CT molecular complexity index is 1710. The van der Waals surface area contributed by atoms with E-state index in [0.717, 1.165) is 28.8 Å². The smallest absolute Gasteiger partial charge is 0.348 e. The summed E-state index contributed by atoms with van der Waals surface area (Å²) >= 11 is 0. The number of carbonyl (C=O) groups is 2. The summed E-state index contributed by atoms with van der Waals surface area (Å²) in [4.78, 5) is 26.1. The average Bonchev–Trinajstić information content (AvgIpc) is 3.00. The lowest BCUT2D eigenvalue weighted by atomic mass is 9.98. The van der Waals surface area contributed by atoms with Crippen LogP contribution in [-0.4, -0.2) is 11.8 Å². The highest BCUT2D eigenvalue weighted by Gasteiger charge is 2.30. The summed E-state index contributed by atoms with van der Waals surface area (Å²) in [6.07, 6.45) is -4.45. The van der Waals surface area contributed by atoms with E-state index >= 15 is 0 Å². The van der Waals surface area contributed by atoms with Gasteiger partial charge in [-0.05, 0) is 71.1 Å². The minimum atomic E-state index is -4.45. The van der Waals surface area contributed by atoms with E-state index in [1.807, 2.05) is 31.2 Å². The van der Waals surface area contributed by atoms with E-state index in [-0.39, 0.29) is 5.91 Å². The molecular weight excluding hydrogens is 537 g/mol. The summed E-state index contributed by atoms with van der Waals surface area (Å²) in [5.74, 6) is -0.740. The van der Waals surface area contributed by atoms with E-state index in [1.54, 1.807) is 48.5 Å². The molecule has 0 heterocycles. The third-order valence-electron chi connectivity index (χ3n) is 6.87. The molecule has 0 fully saturated rings. The van der Waals surface area contributed by atoms with E-state index in [1.165, 1.54) is 17.7 Å². The first-order chi connectivity index (χ1) is 20.2. The van der Waals surface area contributed by atoms with Gasteiger partial charge in [0.05, 0.1) is 5.56 Å². The minimum Gasteiger partial charge on any atom is -0.348 e. The summed E-state index contributed by atoms with van der Waals surface area (Å²) in [6.45, 7) is 2.38. The van der Waals surface area contributed by atoms with Crippen molar-refractivity contribution in [3.05, 3.63) is 149 Å². The summed E-state index contributed by atoms with van der Waals surface area (Å²) < 4.78 is 39.0. The van der Waals surface area contributed by atoms with Gasteiger partial charge in [0, 0.05) is 23.4 Å². The van der Waals surface area contributed by atoms with Gasteiger partial charge in [-0.2, -0.15) is 13.2 Å². The molecule has 0 spiro atoms. The fraction of sp³-hybridized carbons (Fsp3) is 0.0857. The molecule has 2 N–H and O–H groups in total. The zero-order chi connectivity index (χ0) is 29.7. The fourth-order valence-electron chi connectivity index (χ4n) is 4.55. The van der Waals surface area contributed by atoms with Crippen LogP contribution in [0.2, 0.25) is 0 Å². The van der Waals surface area contributed by atoms with Gasteiger partial charge in [-0.3, -0.25) is 9.59 Å². The second-order valence-electron chi connectivity index (χ2n) is 9.90. The maximum absolute atomic E-state index is 13.2. The first-order valence-electron chi connectivity index (χ1n) is 13.3. The fourth-order valence-corrected chi connectivity index (χ4v) is 4.55. The van der Waals surface area contributed by atoms with Crippen LogP contribution in [0, 0.1) is 6.92 Å². The topological polar surface area (TPSA) is 58.2 Å². The minimum absolute atomic E-state index is 0.293. The van der Waals surface area contributed by atoms with Crippen LogP contribution in [0.1, 0.15) is 37.4 Å². The molecule has 2 amide bonds. The molecule has 5 rings (SSSR count). The van der Waals surface area contributed by atoms with Gasteiger partial charge in [-0.1, -0.05) is 90.5 Å². The van der Waals surface area contributed by atoms with E-state index in [0.29, 0.717) is 34.5 Å². The molecule has 0 aromatic heterocycles. The molecule has 0 aliphatic carbocycles. The number of amides is 2. The Morgan fingerprint density at radius 2 is 1.29 bits per heavy atom. The molecule has 0 aliphatic rings. The molecule has 0 saturated carbocycles. The van der Waals surface area contributed by atoms with Crippen LogP contribution in [0.3, 0.4) is 0 Å². The normalized spacial score (nSPS) is 11.1. The summed E-state index contributed by atoms with van der Waals surface area (Å²) in [5.41, 5.74) is 5.65. The highest BCUT2D eigenvalue weighted by molar-refractivity contribution is 6.09. The van der Waals surface area contributed by atoms with Crippen molar-refractivity contribution in [3.8, 4) is 22.3 Å². The Balaban J connectivity index is 1.24. The van der Waals surface area contributed by atoms with E-state index in [9.17, 15) is 22.8 Å². The standard InChI is InChI=1S/C35H27F3N2O2/c1-23-9-13-25(14-10-23)26-15-11-24(12-16-26)22-39-33(41)28-5-4-6-30(21-28)40-34(42)32-8-3-2-7-31(32)27-17-19-29(20-18-27)35(36,37)38/h2-21H,22H2,1H3,(H,39,41)(H,40,42). The molecule has 4 nitrogen and oxygen atoms in total. The lowest BCUT2D eigenvalue weighted by Gasteiger charge is -2.13. The van der Waals surface area contributed by atoms with E-state index < -0.39 is 17.6 Å². The van der Waals surface area contributed by atoms with Gasteiger partial charge in [0.25, 0.3) is 11.8 Å². The van der Waals surface area contributed by atoms with Gasteiger partial charge in [0.15, 0.2) is 0 Å². The zero-order valence-electron chi connectivity index (χ0n) is 22.7. The largest absolute Gasteiger partial charge is 0.416 e. The molecule has 42 heavy (non-hydrogen) atoms. The molecule has 0 atom stereocenters. The van der Waals surface area contributed by atoms with Crippen LogP contribution in [0.4, 0.5) is 18.9 Å². The number of nitrogens with one attached hydrogen (secondary N) is 2. The van der Waals surface area contributed by atoms with Crippen molar-refractivity contribution in [1.29, 1.82) is 0 Å². The number of anilines is 1. The van der Waals surface area contributed by atoms with Gasteiger partial charge in [0.1, 0.15) is 0 Å². The van der Waals surface area contributed by atoms with Crippen molar-refractivity contribution in [2.75, 3.05) is 5.32 Å². The monoisotopic (exact) mass is 564 g/mol. The Morgan fingerprint density at radius 1 is 0.667 bits per heavy atom. The molecular formula is C35H27F3N2O2. The van der Waals surface area contributed by atoms with Gasteiger partial charge >= 0.3 is 6.18 Å². The summed E-state index contributed by atoms with van der Waals surface area (Å²) in [5, 5.41) is 5.71. The number of carbonyl (C=O) groups excluding carboxylic acids is 2. The number of halogens is 3. The zero-order valence-corrected chi connectivity index (χ0v) is 22.7. The van der Waals surface area contributed by atoms with Crippen LogP contribution in [0.5, 0.6) is 0 Å². The maximum Gasteiger partial charge on any atom is 0.416 e. The Labute approximate surface area is 241 Å². The Kier molecular flexibility index (Phi) is 8.20. The maximum atomic E-state index is 13.2. The van der Waals surface area contributed by atoms with Crippen molar-refractivity contribution in [2.45, 2.75) is 19.6 Å². The summed E-state index contributed by atoms with van der Waals surface area (Å²) in [7, 11) is 0. The molecule has 0 saturated heterocycles. The van der Waals surface area contributed by atoms with Crippen LogP contribution in [0.15, 0.2) is 121 Å². The van der Waals surface area contributed by atoms with E-state index in [4.69, 9.17) is 0 Å². The number of hydrogen-bond acceptors (Lipinski definition) is 2. The van der Waals surface area contributed by atoms with Crippen molar-refractivity contribution < 1.29 is 22.8 Å². The van der Waals surface area contributed by atoms with Crippen LogP contribution >= 0.6 is 0 Å². The Hall–Kier alpha value is -5.17. The van der Waals surface area contributed by atoms with Crippen molar-refractivity contribution in [3.63, 3.8) is 0 Å². The molecule has 5 aromatic carbocycles. The number of benzene rings is 5. The predicted octanol–water partition coefficient (Wildman–Crippen LogP) is 8.53. The molecule has 5 aromatic rings. The van der Waals surface area contributed by atoms with Crippen LogP contribution < -0.4 is 10.6 Å². The number of aryl methyl sites for hydroxylation is 1. The van der Waals surface area contributed by atoms with Crippen LogP contribution in [0.25, 0.3) is 22.3 Å². The van der Waals surface area contributed by atoms with Crippen molar-refractivity contribution in [2.24, 2.45) is 0 Å². The SMILES string of the molecule is Cc1ccc(-c2ccc(CNC(=O)c3cccc(NC(=O)c4ccccc4-c4ccc(C(F)(F)F)cc4)c3)cc2)cc1. The van der Waals surface area contributed by atoms with Gasteiger partial charge in [-0.15, -0.1) is 0 Å². The second-order valence-corrected chi connectivity index (χ2v) is 9.90. The molecule has 0 radical (unpaired) electrons. The lowest BCUT2D eigenvalue weighted by molar-refractivity contribution is -0.137. The number of rotatable bonds is 7. The third-order valence-corrected chi connectivity index (χ3v) is 6.87. The predicted molar refractivity (Wildman–Crippen MR) is 159 cm³/mol. The quantitative estimate of drug-likeness (QED) is 0.208. The highest BCUT2D eigenvalue weighted by Crippen LogP contribution is 2.32. The lowest BCUT2D eigenvalue weighted by Crippen LogP contribution is -2.23. The summed E-state index contributed by atoms with van der Waals surface area (Å²) in [6, 6.07) is 34.2. The number of hydrogen-bond donors (Lipinski definition) is 2. The molecule has 0 aliphatic heterocycles. The molecule has 0 bridgehead atoms. The van der Waals surface area contributed by atoms with Gasteiger partial charge < -0.3 is 10.6 Å². The first kappa shape index (κ1) is 28.4. The second kappa shape index (κ2) is 12.1. The molecule has 7 heteroatoms. The van der Waals surface area contributed by atoms with Gasteiger partial charge in [-0.25, -0.2) is 0 Å². The van der Waals surface area contributed by atoms with E-state index in [2.05, 4.69) is 34.9 Å². The molecule has 210 valence electrons. The number of alkyl halides is 3. The highest BCUT2D eigenvalue weighted by atomic mass is 19.4. The Morgan fingerprint density at radius 3 is 1.95 bits per heavy atom. The van der Waals surface area contributed by atoms with Crippen LogP contribution in [-0.2, 0) is 12.7 Å². The average molecular weight is 565 g/mol. The third kappa shape index (κ3) is 6.75. The van der Waals surface area contributed by atoms with Gasteiger partial charge in [0.2, 0.25) is 0 Å². The van der Waals surface area contributed by atoms with Crippen molar-refractivity contribution in [1.82, 2.24) is 5.32 Å². The first-order valence-corrected chi connectivity index (χ1v) is 13.3.